The molecule has 0 saturated heterocycles. The minimum Gasteiger partial charge on any atom is -0.314 e. The third-order valence-electron chi connectivity index (χ3n) is 4.45. The van der Waals surface area contributed by atoms with Crippen molar-refractivity contribution < 1.29 is 4.79 Å². The molecule has 1 amide bonds. The van der Waals surface area contributed by atoms with Gasteiger partial charge in [-0.1, -0.05) is 48.5 Å². The molecule has 0 N–H and O–H groups in total. The highest BCUT2D eigenvalue weighted by atomic mass is 16.2. The lowest BCUT2D eigenvalue weighted by Gasteiger charge is -2.29. The molecule has 2 heteroatoms. The molecule has 0 aromatic heterocycles. The van der Waals surface area contributed by atoms with Crippen LogP contribution in [0.1, 0.15) is 23.1 Å². The van der Waals surface area contributed by atoms with Gasteiger partial charge in [-0.3, -0.25) is 4.79 Å². The number of hydrogen-bond donors (Lipinski definition) is 0. The van der Waals surface area contributed by atoms with Crippen molar-refractivity contribution in [2.24, 2.45) is 0 Å². The largest absolute Gasteiger partial charge is 0.314 e. The predicted molar refractivity (Wildman–Crippen MR) is 86.6 cm³/mol. The van der Waals surface area contributed by atoms with Gasteiger partial charge in [0.1, 0.15) is 5.41 Å². The van der Waals surface area contributed by atoms with E-state index in [1.54, 1.807) is 4.90 Å². The van der Waals surface area contributed by atoms with E-state index in [0.717, 1.165) is 22.4 Å². The van der Waals surface area contributed by atoms with Gasteiger partial charge in [-0.15, -0.1) is 6.58 Å². The Morgan fingerprint density at radius 3 is 2.38 bits per heavy atom. The Hall–Kier alpha value is -2.35. The third kappa shape index (κ3) is 1.75. The number of anilines is 1. The van der Waals surface area contributed by atoms with Gasteiger partial charge in [0.05, 0.1) is 0 Å². The number of rotatable bonds is 3. The highest BCUT2D eigenvalue weighted by Gasteiger charge is 2.50. The molecule has 1 atom stereocenters. The van der Waals surface area contributed by atoms with Gasteiger partial charge in [0.2, 0.25) is 5.91 Å². The molecule has 1 aliphatic rings. The monoisotopic (exact) mass is 277 g/mol. The molecule has 1 heterocycles. The summed E-state index contributed by atoms with van der Waals surface area (Å²) in [6, 6.07) is 16.2. The number of likely N-dealkylation sites (N-methyl/N-ethyl adjacent to an activating group) is 1. The molecule has 2 aromatic carbocycles. The molecule has 21 heavy (non-hydrogen) atoms. The topological polar surface area (TPSA) is 20.3 Å². The summed E-state index contributed by atoms with van der Waals surface area (Å²) in [6.07, 6.45) is 2.46. The summed E-state index contributed by atoms with van der Waals surface area (Å²) in [5.41, 5.74) is 3.64. The van der Waals surface area contributed by atoms with Gasteiger partial charge in [0, 0.05) is 12.7 Å². The number of fused-ring (bicyclic) bond motifs is 1. The van der Waals surface area contributed by atoms with E-state index in [-0.39, 0.29) is 5.91 Å². The number of allylic oxidation sites excluding steroid dienone is 1. The Balaban J connectivity index is 2.35. The van der Waals surface area contributed by atoms with Crippen molar-refractivity contribution in [1.29, 1.82) is 0 Å². The second kappa shape index (κ2) is 4.88. The summed E-state index contributed by atoms with van der Waals surface area (Å²) in [5.74, 6) is 0.123. The quantitative estimate of drug-likeness (QED) is 0.781. The predicted octanol–water partition coefficient (Wildman–Crippen LogP) is 3.83. The second-order valence-corrected chi connectivity index (χ2v) is 5.59. The first kappa shape index (κ1) is 13.6. The Morgan fingerprint density at radius 1 is 1.10 bits per heavy atom. The molecule has 0 bridgehead atoms. The zero-order valence-electron chi connectivity index (χ0n) is 12.5. The van der Waals surface area contributed by atoms with Crippen LogP contribution in [0.25, 0.3) is 0 Å². The van der Waals surface area contributed by atoms with Crippen LogP contribution in [0.2, 0.25) is 0 Å². The van der Waals surface area contributed by atoms with Crippen molar-refractivity contribution in [1.82, 2.24) is 0 Å². The van der Waals surface area contributed by atoms with Crippen molar-refractivity contribution in [3.8, 4) is 0 Å². The smallest absolute Gasteiger partial charge is 0.242 e. The maximum atomic E-state index is 13.1. The van der Waals surface area contributed by atoms with E-state index < -0.39 is 5.41 Å². The molecule has 0 spiro atoms. The lowest BCUT2D eigenvalue weighted by molar-refractivity contribution is -0.121. The molecule has 1 aliphatic heterocycles. The Labute approximate surface area is 125 Å². The standard InChI is InChI=1S/C19H19NO/c1-4-13-19(15-10-6-5-9-14(15)2)16-11-7-8-12-17(16)20(3)18(19)21/h4-12H,1,13H2,2-3H3/t19-/m1/s1. The molecule has 0 fully saturated rings. The maximum absolute atomic E-state index is 13.1. The van der Waals surface area contributed by atoms with Gasteiger partial charge in [0.15, 0.2) is 0 Å². The molecule has 3 rings (SSSR count). The van der Waals surface area contributed by atoms with Gasteiger partial charge < -0.3 is 4.90 Å². The minimum absolute atomic E-state index is 0.123. The van der Waals surface area contributed by atoms with E-state index in [2.05, 4.69) is 31.7 Å². The van der Waals surface area contributed by atoms with Crippen LogP contribution in [0.4, 0.5) is 5.69 Å². The Morgan fingerprint density at radius 2 is 1.71 bits per heavy atom. The van der Waals surface area contributed by atoms with Crippen LogP contribution >= 0.6 is 0 Å². The number of aryl methyl sites for hydroxylation is 1. The lowest BCUT2D eigenvalue weighted by Crippen LogP contribution is -2.39. The Bertz CT molecular complexity index is 719. The molecule has 0 aliphatic carbocycles. The van der Waals surface area contributed by atoms with Crippen LogP contribution in [0.3, 0.4) is 0 Å². The van der Waals surface area contributed by atoms with E-state index in [1.807, 2.05) is 43.5 Å². The van der Waals surface area contributed by atoms with Crippen LogP contribution in [0, 0.1) is 6.92 Å². The van der Waals surface area contributed by atoms with Crippen LogP contribution in [-0.2, 0) is 10.2 Å². The maximum Gasteiger partial charge on any atom is 0.242 e. The molecule has 2 nitrogen and oxygen atoms in total. The first-order chi connectivity index (χ1) is 10.1. The number of carbonyl (C=O) groups excluding carboxylic acids is 1. The van der Waals surface area contributed by atoms with Crippen LogP contribution < -0.4 is 4.90 Å². The fourth-order valence-electron chi connectivity index (χ4n) is 3.47. The van der Waals surface area contributed by atoms with Gasteiger partial charge in [0.25, 0.3) is 0 Å². The zero-order valence-corrected chi connectivity index (χ0v) is 12.5. The summed E-state index contributed by atoms with van der Waals surface area (Å²) in [5, 5.41) is 0. The molecule has 0 saturated carbocycles. The lowest BCUT2D eigenvalue weighted by atomic mass is 9.71. The summed E-state index contributed by atoms with van der Waals surface area (Å²) in [6.45, 7) is 5.95. The van der Waals surface area contributed by atoms with Crippen molar-refractivity contribution in [3.63, 3.8) is 0 Å². The number of nitrogens with zero attached hydrogens (tertiary/aromatic N) is 1. The number of hydrogen-bond acceptors (Lipinski definition) is 1. The summed E-state index contributed by atoms with van der Waals surface area (Å²) in [4.78, 5) is 14.9. The van der Waals surface area contributed by atoms with E-state index >= 15 is 0 Å². The van der Waals surface area contributed by atoms with Gasteiger partial charge in [-0.05, 0) is 36.1 Å². The highest BCUT2D eigenvalue weighted by molar-refractivity contribution is 6.10. The second-order valence-electron chi connectivity index (χ2n) is 5.59. The summed E-state index contributed by atoms with van der Waals surface area (Å²) in [7, 11) is 1.85. The van der Waals surface area contributed by atoms with E-state index in [9.17, 15) is 4.79 Å². The number of benzene rings is 2. The average Bonchev–Trinajstić information content (AvgIpc) is 2.72. The SMILES string of the molecule is C=CC[C@]1(c2ccccc2C)C(=O)N(C)c2ccccc21. The number of amides is 1. The highest BCUT2D eigenvalue weighted by Crippen LogP contribution is 2.48. The van der Waals surface area contributed by atoms with Crippen LogP contribution in [0.5, 0.6) is 0 Å². The van der Waals surface area contributed by atoms with Crippen molar-refractivity contribution >= 4 is 11.6 Å². The van der Waals surface area contributed by atoms with Crippen LogP contribution in [-0.4, -0.2) is 13.0 Å². The fourth-order valence-corrected chi connectivity index (χ4v) is 3.47. The third-order valence-corrected chi connectivity index (χ3v) is 4.45. The van der Waals surface area contributed by atoms with E-state index in [0.29, 0.717) is 6.42 Å². The van der Waals surface area contributed by atoms with E-state index in [4.69, 9.17) is 0 Å². The molecule has 106 valence electrons. The van der Waals surface area contributed by atoms with Gasteiger partial charge >= 0.3 is 0 Å². The van der Waals surface area contributed by atoms with Gasteiger partial charge in [-0.25, -0.2) is 0 Å². The normalized spacial score (nSPS) is 20.5. The summed E-state index contributed by atoms with van der Waals surface area (Å²) >= 11 is 0. The number of para-hydroxylation sites is 1. The Kier molecular flexibility index (Phi) is 3.17. The molecular weight excluding hydrogens is 258 g/mol. The van der Waals surface area contributed by atoms with Crippen molar-refractivity contribution in [3.05, 3.63) is 77.9 Å². The fraction of sp³-hybridized carbons (Fsp3) is 0.211. The first-order valence-electron chi connectivity index (χ1n) is 7.17. The number of carbonyl (C=O) groups is 1. The molecule has 2 aromatic rings. The summed E-state index contributed by atoms with van der Waals surface area (Å²) < 4.78 is 0. The zero-order chi connectivity index (χ0) is 15.0. The van der Waals surface area contributed by atoms with Crippen LogP contribution in [0.15, 0.2) is 61.2 Å². The average molecular weight is 277 g/mol. The molecule has 0 unspecified atom stereocenters. The molecular formula is C19H19NO. The van der Waals surface area contributed by atoms with Gasteiger partial charge in [-0.2, -0.15) is 0 Å². The minimum atomic E-state index is -0.640. The van der Waals surface area contributed by atoms with Crippen molar-refractivity contribution in [2.45, 2.75) is 18.8 Å². The molecule has 0 radical (unpaired) electrons. The van der Waals surface area contributed by atoms with Crippen molar-refractivity contribution in [2.75, 3.05) is 11.9 Å². The first-order valence-corrected chi connectivity index (χ1v) is 7.17. The van der Waals surface area contributed by atoms with E-state index in [1.165, 1.54) is 0 Å².